The molecule has 0 heterocycles. The third-order valence-electron chi connectivity index (χ3n) is 6.41. The lowest BCUT2D eigenvalue weighted by molar-refractivity contribution is -0.162. The summed E-state index contributed by atoms with van der Waals surface area (Å²) in [4.78, 5) is 11.9. The highest BCUT2D eigenvalue weighted by molar-refractivity contribution is 5.75. The van der Waals surface area contributed by atoms with Crippen LogP contribution in [-0.2, 0) is 4.79 Å². The number of aliphatic hydroxyl groups is 1. The molecule has 3 heteroatoms. The average Bonchev–Trinajstić information content (AvgIpc) is 2.46. The number of aliphatic carboxylic acids is 1. The van der Waals surface area contributed by atoms with Gasteiger partial charge in [-0.3, -0.25) is 4.79 Å². The van der Waals surface area contributed by atoms with E-state index in [1.54, 1.807) is 13.0 Å². The summed E-state index contributed by atoms with van der Waals surface area (Å²) < 4.78 is 0. The number of carboxylic acids is 1. The Morgan fingerprint density at radius 2 is 2.04 bits per heavy atom. The van der Waals surface area contributed by atoms with E-state index in [4.69, 9.17) is 0 Å². The van der Waals surface area contributed by atoms with Crippen LogP contribution in [0.5, 0.6) is 0 Å². The van der Waals surface area contributed by atoms with Gasteiger partial charge in [0.15, 0.2) is 0 Å². The highest BCUT2D eigenvalue weighted by Crippen LogP contribution is 2.61. The molecule has 2 saturated carbocycles. The fourth-order valence-corrected chi connectivity index (χ4v) is 4.86. The molecule has 3 nitrogen and oxygen atoms in total. The predicted octanol–water partition coefficient (Wildman–Crippen LogP) is 4.34. The van der Waals surface area contributed by atoms with Crippen molar-refractivity contribution in [2.45, 2.75) is 58.5 Å². The monoisotopic (exact) mass is 318 g/mol. The quantitative estimate of drug-likeness (QED) is 0.758. The maximum Gasteiger partial charge on any atom is 0.309 e. The van der Waals surface area contributed by atoms with Crippen LogP contribution in [0.3, 0.4) is 0 Å². The molecule has 0 bridgehead atoms. The molecule has 0 spiro atoms. The molecule has 0 unspecified atom stereocenters. The lowest BCUT2D eigenvalue weighted by Gasteiger charge is -2.56. The highest BCUT2D eigenvalue weighted by Gasteiger charge is 2.57. The second-order valence-corrected chi connectivity index (χ2v) is 8.10. The minimum absolute atomic E-state index is 0.103. The molecule has 2 aliphatic rings. The van der Waals surface area contributed by atoms with Gasteiger partial charge in [0.1, 0.15) is 0 Å². The van der Waals surface area contributed by atoms with Crippen molar-refractivity contribution in [1.29, 1.82) is 0 Å². The first-order chi connectivity index (χ1) is 10.6. The summed E-state index contributed by atoms with van der Waals surface area (Å²) in [7, 11) is 0. The molecule has 0 aliphatic heterocycles. The topological polar surface area (TPSA) is 57.5 Å². The fraction of sp³-hybridized carbons (Fsp3) is 0.650. The summed E-state index contributed by atoms with van der Waals surface area (Å²) in [5.74, 6) is -0.441. The Kier molecular flexibility index (Phi) is 4.64. The molecule has 23 heavy (non-hydrogen) atoms. The fourth-order valence-electron chi connectivity index (χ4n) is 4.86. The van der Waals surface area contributed by atoms with E-state index in [1.807, 2.05) is 13.0 Å². The van der Waals surface area contributed by atoms with Gasteiger partial charge in [-0.1, -0.05) is 50.3 Å². The van der Waals surface area contributed by atoms with Crippen molar-refractivity contribution in [2.24, 2.45) is 22.7 Å². The molecule has 2 aliphatic carbocycles. The molecular weight excluding hydrogens is 288 g/mol. The second-order valence-electron chi connectivity index (χ2n) is 8.10. The maximum absolute atomic E-state index is 11.9. The third-order valence-corrected chi connectivity index (χ3v) is 6.41. The molecule has 5 atom stereocenters. The maximum atomic E-state index is 11.9. The largest absolute Gasteiger partial charge is 0.481 e. The first-order valence-electron chi connectivity index (χ1n) is 8.53. The van der Waals surface area contributed by atoms with Crippen LogP contribution in [0.25, 0.3) is 0 Å². The normalized spacial score (nSPS) is 40.4. The number of carboxylic acid groups (broad SMARTS) is 1. The molecule has 0 amide bonds. The van der Waals surface area contributed by atoms with Crippen LogP contribution < -0.4 is 0 Å². The molecule has 2 rings (SSSR count). The van der Waals surface area contributed by atoms with Crippen molar-refractivity contribution in [3.63, 3.8) is 0 Å². The number of hydrogen-bond donors (Lipinski definition) is 2. The smallest absolute Gasteiger partial charge is 0.309 e. The van der Waals surface area contributed by atoms with E-state index >= 15 is 0 Å². The number of hydrogen-bond acceptors (Lipinski definition) is 2. The number of rotatable bonds is 4. The molecule has 0 saturated heterocycles. The van der Waals surface area contributed by atoms with Gasteiger partial charge in [0.25, 0.3) is 0 Å². The Morgan fingerprint density at radius 3 is 2.61 bits per heavy atom. The summed E-state index contributed by atoms with van der Waals surface area (Å²) >= 11 is 0. The van der Waals surface area contributed by atoms with E-state index in [2.05, 4.69) is 20.1 Å². The third kappa shape index (κ3) is 3.03. The molecule has 0 aromatic carbocycles. The summed E-state index contributed by atoms with van der Waals surface area (Å²) in [5, 5.41) is 20.0. The van der Waals surface area contributed by atoms with E-state index in [0.717, 1.165) is 37.7 Å². The van der Waals surface area contributed by atoms with Crippen LogP contribution in [0.15, 0.2) is 37.0 Å². The lowest BCUT2D eigenvalue weighted by Crippen LogP contribution is -2.53. The minimum Gasteiger partial charge on any atom is -0.481 e. The van der Waals surface area contributed by atoms with Crippen molar-refractivity contribution < 1.29 is 15.0 Å². The number of carbonyl (C=O) groups is 1. The van der Waals surface area contributed by atoms with Gasteiger partial charge in [-0.05, 0) is 50.9 Å². The van der Waals surface area contributed by atoms with Crippen molar-refractivity contribution >= 4 is 5.97 Å². The molecule has 0 aromatic heterocycles. The van der Waals surface area contributed by atoms with Crippen molar-refractivity contribution in [3.8, 4) is 0 Å². The standard InChI is InChI=1S/C20H30O3/c1-6-18(3,23)13-10-15-14(2)8-9-16-19(15,4)11-7-12-20(16,5)17(21)22/h6,10,13,15-16,23H,1-2,7-9,11-12H2,3-5H3,(H,21,22)/b13-10+/t15-,16+,18-,19+,20+/m0/s1. The Hall–Kier alpha value is -1.35. The SMILES string of the molecule is C=C[C@](C)(O)/C=C/[C@H]1C(=C)CC[C@@H]2[C@]1(C)CCC[C@@]2(C)C(=O)O. The van der Waals surface area contributed by atoms with Crippen LogP contribution >= 0.6 is 0 Å². The van der Waals surface area contributed by atoms with Gasteiger partial charge in [0.05, 0.1) is 11.0 Å². The zero-order valence-electron chi connectivity index (χ0n) is 14.6. The highest BCUT2D eigenvalue weighted by atomic mass is 16.4. The molecule has 2 N–H and O–H groups in total. The molecule has 0 aromatic rings. The Bertz CT molecular complexity index is 545. The zero-order chi connectivity index (χ0) is 17.5. The van der Waals surface area contributed by atoms with E-state index in [0.29, 0.717) is 0 Å². The van der Waals surface area contributed by atoms with Crippen LogP contribution in [0.2, 0.25) is 0 Å². The van der Waals surface area contributed by atoms with E-state index in [9.17, 15) is 15.0 Å². The first-order valence-corrected chi connectivity index (χ1v) is 8.53. The summed E-state index contributed by atoms with van der Waals surface area (Å²) in [6, 6.07) is 0. The van der Waals surface area contributed by atoms with Crippen LogP contribution in [-0.4, -0.2) is 21.8 Å². The Morgan fingerprint density at radius 1 is 1.39 bits per heavy atom. The zero-order valence-corrected chi connectivity index (χ0v) is 14.6. The van der Waals surface area contributed by atoms with Gasteiger partial charge < -0.3 is 10.2 Å². The number of fused-ring (bicyclic) bond motifs is 1. The van der Waals surface area contributed by atoms with Gasteiger partial charge in [-0.25, -0.2) is 0 Å². The summed E-state index contributed by atoms with van der Waals surface area (Å²) in [6.45, 7) is 13.7. The average molecular weight is 318 g/mol. The van der Waals surface area contributed by atoms with Gasteiger partial charge in [-0.15, -0.1) is 0 Å². The van der Waals surface area contributed by atoms with Crippen molar-refractivity contribution in [3.05, 3.63) is 37.0 Å². The first kappa shape index (κ1) is 18.0. The lowest BCUT2D eigenvalue weighted by atomic mass is 9.47. The molecule has 0 radical (unpaired) electrons. The summed E-state index contributed by atoms with van der Waals surface area (Å²) in [5.41, 5.74) is -0.682. The number of allylic oxidation sites excluding steroid dienone is 2. The van der Waals surface area contributed by atoms with E-state index < -0.39 is 17.0 Å². The Labute approximate surface area is 139 Å². The molecule has 2 fully saturated rings. The van der Waals surface area contributed by atoms with Crippen molar-refractivity contribution in [2.75, 3.05) is 0 Å². The van der Waals surface area contributed by atoms with Gasteiger partial charge in [0, 0.05) is 5.92 Å². The van der Waals surface area contributed by atoms with E-state index in [1.165, 1.54) is 6.08 Å². The van der Waals surface area contributed by atoms with Gasteiger partial charge in [-0.2, -0.15) is 0 Å². The Balaban J connectivity index is 2.41. The van der Waals surface area contributed by atoms with Crippen LogP contribution in [0.4, 0.5) is 0 Å². The minimum atomic E-state index is -1.05. The van der Waals surface area contributed by atoms with Gasteiger partial charge in [0.2, 0.25) is 0 Å². The summed E-state index contributed by atoms with van der Waals surface area (Å²) in [6.07, 6.45) is 9.73. The van der Waals surface area contributed by atoms with Crippen molar-refractivity contribution in [1.82, 2.24) is 0 Å². The van der Waals surface area contributed by atoms with Crippen LogP contribution in [0, 0.1) is 22.7 Å². The van der Waals surface area contributed by atoms with Crippen LogP contribution in [0.1, 0.15) is 52.9 Å². The molecular formula is C20H30O3. The van der Waals surface area contributed by atoms with Gasteiger partial charge >= 0.3 is 5.97 Å². The molecule has 128 valence electrons. The van der Waals surface area contributed by atoms with E-state index in [-0.39, 0.29) is 17.3 Å². The second kappa shape index (κ2) is 5.94. The predicted molar refractivity (Wildman–Crippen MR) is 93.0 cm³/mol.